The molecule has 1 aromatic carbocycles. The maximum absolute atomic E-state index is 12.2. The number of nitrogens with zero attached hydrogens (tertiary/aromatic N) is 3. The predicted octanol–water partition coefficient (Wildman–Crippen LogP) is 3.45. The number of carbonyl (C=O) groups is 2. The summed E-state index contributed by atoms with van der Waals surface area (Å²) in [6.07, 6.45) is 0.275. The molecule has 8 nitrogen and oxygen atoms in total. The smallest absolute Gasteiger partial charge is 0.329 e. The maximum atomic E-state index is 12.2. The summed E-state index contributed by atoms with van der Waals surface area (Å²) >= 11 is 0. The van der Waals surface area contributed by atoms with Gasteiger partial charge in [-0.1, -0.05) is 20.8 Å². The van der Waals surface area contributed by atoms with Gasteiger partial charge in [0.25, 0.3) is 0 Å². The fraction of sp³-hybridized carbons (Fsp3) is 0.550. The summed E-state index contributed by atoms with van der Waals surface area (Å²) < 4.78 is 7.97. The van der Waals surface area contributed by atoms with Crippen molar-refractivity contribution in [2.45, 2.75) is 45.3 Å². The van der Waals surface area contributed by atoms with Crippen molar-refractivity contribution in [3.8, 4) is 0 Å². The molecule has 2 aromatic rings. The van der Waals surface area contributed by atoms with Crippen LogP contribution in [0.1, 0.15) is 27.2 Å². The maximum Gasteiger partial charge on any atom is 0.329 e. The van der Waals surface area contributed by atoms with Gasteiger partial charge in [0.05, 0.1) is 12.1 Å². The van der Waals surface area contributed by atoms with E-state index in [0.29, 0.717) is 19.0 Å². The van der Waals surface area contributed by atoms with Gasteiger partial charge in [-0.2, -0.15) is 5.10 Å². The minimum absolute atomic E-state index is 0.197. The van der Waals surface area contributed by atoms with Crippen LogP contribution in [-0.4, -0.2) is 49.7 Å². The van der Waals surface area contributed by atoms with E-state index in [1.807, 2.05) is 25.2 Å². The molecule has 3 amide bonds. The number of aromatic nitrogens is 2. The van der Waals surface area contributed by atoms with Gasteiger partial charge in [-0.05, 0) is 36.3 Å². The summed E-state index contributed by atoms with van der Waals surface area (Å²) in [5, 5.41) is 11.3. The van der Waals surface area contributed by atoms with E-state index in [2.05, 4.69) is 49.6 Å². The Morgan fingerprint density at radius 1 is 1.28 bits per heavy atom. The van der Waals surface area contributed by atoms with E-state index in [4.69, 9.17) is 4.43 Å². The largest absolute Gasteiger partial charge is 0.415 e. The van der Waals surface area contributed by atoms with E-state index < -0.39 is 14.3 Å². The monoisotopic (exact) mass is 417 g/mol. The van der Waals surface area contributed by atoms with Crippen LogP contribution in [0.15, 0.2) is 18.2 Å². The third kappa shape index (κ3) is 4.45. The second kappa shape index (κ2) is 7.79. The van der Waals surface area contributed by atoms with Gasteiger partial charge in [-0.25, -0.2) is 4.79 Å². The molecule has 0 aliphatic carbocycles. The molecule has 0 bridgehead atoms. The molecule has 0 unspecified atom stereocenters. The van der Waals surface area contributed by atoms with Crippen molar-refractivity contribution < 1.29 is 14.0 Å². The van der Waals surface area contributed by atoms with Crippen molar-refractivity contribution >= 4 is 42.7 Å². The van der Waals surface area contributed by atoms with E-state index in [9.17, 15) is 9.59 Å². The van der Waals surface area contributed by atoms with E-state index >= 15 is 0 Å². The number of anilines is 2. The van der Waals surface area contributed by atoms with Crippen LogP contribution in [0.25, 0.3) is 10.9 Å². The van der Waals surface area contributed by atoms with Crippen molar-refractivity contribution in [2.75, 3.05) is 29.9 Å². The highest BCUT2D eigenvalue weighted by atomic mass is 28.4. The van der Waals surface area contributed by atoms with Crippen molar-refractivity contribution in [1.82, 2.24) is 15.1 Å². The molecular formula is C20H31N5O3Si. The number of fused-ring (bicyclic) bond motifs is 1. The highest BCUT2D eigenvalue weighted by molar-refractivity contribution is 6.74. The zero-order chi connectivity index (χ0) is 21.4. The highest BCUT2D eigenvalue weighted by Gasteiger charge is 2.36. The van der Waals surface area contributed by atoms with Gasteiger partial charge in [-0.15, -0.1) is 0 Å². The first kappa shape index (κ1) is 21.3. The van der Waals surface area contributed by atoms with Crippen LogP contribution in [0.4, 0.5) is 16.3 Å². The van der Waals surface area contributed by atoms with Gasteiger partial charge < -0.3 is 9.74 Å². The van der Waals surface area contributed by atoms with Crippen LogP contribution in [0.2, 0.25) is 18.1 Å². The highest BCUT2D eigenvalue weighted by Crippen LogP contribution is 2.36. The number of hydrogen-bond acceptors (Lipinski definition) is 5. The zero-order valence-electron chi connectivity index (χ0n) is 18.1. The van der Waals surface area contributed by atoms with Crippen molar-refractivity contribution in [3.63, 3.8) is 0 Å². The quantitative estimate of drug-likeness (QED) is 0.555. The fourth-order valence-corrected chi connectivity index (χ4v) is 4.08. The number of amides is 3. The Balaban J connectivity index is 1.69. The lowest BCUT2D eigenvalue weighted by atomic mass is 10.2. The van der Waals surface area contributed by atoms with E-state index in [1.165, 1.54) is 4.90 Å². The fourth-order valence-electron chi connectivity index (χ4n) is 3.03. The van der Waals surface area contributed by atoms with Crippen molar-refractivity contribution in [3.05, 3.63) is 18.2 Å². The number of rotatable bonds is 6. The molecule has 1 fully saturated rings. The summed E-state index contributed by atoms with van der Waals surface area (Å²) in [4.78, 5) is 25.1. The minimum atomic E-state index is -1.74. The topological polar surface area (TPSA) is 88.5 Å². The third-order valence-corrected chi connectivity index (χ3v) is 10.4. The molecule has 1 aliphatic heterocycles. The van der Waals surface area contributed by atoms with E-state index in [-0.39, 0.29) is 17.4 Å². The summed E-state index contributed by atoms with van der Waals surface area (Å²) in [5.41, 5.74) is 1.89. The number of aryl methyl sites for hydroxylation is 1. The van der Waals surface area contributed by atoms with Crippen LogP contribution in [0.5, 0.6) is 0 Å². The number of nitrogens with one attached hydrogen (secondary N) is 2. The SMILES string of the molecule is Cn1nc(N2CCC(=O)NC2=O)c2ccc(NCCO[Si](C)(C)C(C)(C)C)cc21. The molecule has 0 saturated carbocycles. The Kier molecular flexibility index (Phi) is 5.73. The van der Waals surface area contributed by atoms with Crippen LogP contribution in [0, 0.1) is 0 Å². The molecule has 0 atom stereocenters. The molecule has 1 aromatic heterocycles. The predicted molar refractivity (Wildman–Crippen MR) is 118 cm³/mol. The first-order chi connectivity index (χ1) is 13.5. The molecule has 0 spiro atoms. The molecule has 2 heterocycles. The normalized spacial score (nSPS) is 15.7. The van der Waals surface area contributed by atoms with Crippen molar-refractivity contribution in [2.24, 2.45) is 7.05 Å². The lowest BCUT2D eigenvalue weighted by Gasteiger charge is -2.36. The lowest BCUT2D eigenvalue weighted by Crippen LogP contribution is -2.49. The molecule has 1 aliphatic rings. The van der Waals surface area contributed by atoms with Crippen LogP contribution in [0.3, 0.4) is 0 Å². The Bertz CT molecular complexity index is 932. The first-order valence-corrected chi connectivity index (χ1v) is 12.9. The van der Waals surface area contributed by atoms with E-state index in [0.717, 1.165) is 23.1 Å². The number of imide groups is 1. The summed E-state index contributed by atoms with van der Waals surface area (Å²) in [6, 6.07) is 5.53. The molecule has 158 valence electrons. The molecule has 2 N–H and O–H groups in total. The van der Waals surface area contributed by atoms with Crippen LogP contribution in [-0.2, 0) is 16.3 Å². The van der Waals surface area contributed by atoms with Gasteiger partial charge in [-0.3, -0.25) is 19.7 Å². The summed E-state index contributed by atoms with van der Waals surface area (Å²) in [7, 11) is 0.106. The number of benzene rings is 1. The van der Waals surface area contributed by atoms with Crippen LogP contribution < -0.4 is 15.5 Å². The van der Waals surface area contributed by atoms with Crippen molar-refractivity contribution in [1.29, 1.82) is 0 Å². The average Bonchev–Trinajstić information content (AvgIpc) is 2.94. The second-order valence-corrected chi connectivity index (χ2v) is 13.8. The Morgan fingerprint density at radius 3 is 2.66 bits per heavy atom. The number of urea groups is 1. The zero-order valence-corrected chi connectivity index (χ0v) is 19.1. The average molecular weight is 418 g/mol. The molecule has 29 heavy (non-hydrogen) atoms. The van der Waals surface area contributed by atoms with Gasteiger partial charge >= 0.3 is 6.03 Å². The molecule has 9 heteroatoms. The Hall–Kier alpha value is -2.39. The van der Waals surface area contributed by atoms with Crippen LogP contribution >= 0.6 is 0 Å². The van der Waals surface area contributed by atoms with Gasteiger partial charge in [0.2, 0.25) is 5.91 Å². The summed E-state index contributed by atoms with van der Waals surface area (Å²) in [6.45, 7) is 12.9. The Morgan fingerprint density at radius 2 is 2.00 bits per heavy atom. The van der Waals surface area contributed by atoms with E-state index in [1.54, 1.807) is 4.68 Å². The Labute approximate surface area is 172 Å². The number of hydrogen-bond donors (Lipinski definition) is 2. The summed E-state index contributed by atoms with van der Waals surface area (Å²) in [5.74, 6) is 0.318. The standard InChI is InChI=1S/C20H31N5O3Si/c1-20(2,3)29(5,6)28-12-10-21-14-7-8-15-16(13-14)24(4)23-18(15)25-11-9-17(26)22-19(25)27/h7-8,13,21H,9-12H2,1-6H3,(H,22,26,27). The molecule has 1 saturated heterocycles. The van der Waals surface area contributed by atoms with Gasteiger partial charge in [0.1, 0.15) is 0 Å². The lowest BCUT2D eigenvalue weighted by molar-refractivity contribution is -0.120. The molecular weight excluding hydrogens is 386 g/mol. The molecule has 0 radical (unpaired) electrons. The number of carbonyl (C=O) groups excluding carboxylic acids is 2. The third-order valence-electron chi connectivity index (χ3n) is 5.84. The van der Waals surface area contributed by atoms with Gasteiger partial charge in [0.15, 0.2) is 14.1 Å². The first-order valence-electron chi connectivity index (χ1n) is 9.95. The van der Waals surface area contributed by atoms with Gasteiger partial charge in [0, 0.05) is 37.6 Å². The minimum Gasteiger partial charge on any atom is -0.415 e. The second-order valence-electron chi connectivity index (χ2n) is 8.97. The molecule has 3 rings (SSSR count).